The Labute approximate surface area is 264 Å². The van der Waals surface area contributed by atoms with Crippen molar-refractivity contribution in [1.29, 1.82) is 0 Å². The Balaban J connectivity index is 0. The molecule has 2 aromatic rings. The van der Waals surface area contributed by atoms with Gasteiger partial charge in [-0.2, -0.15) is 16.8 Å². The van der Waals surface area contributed by atoms with Crippen LogP contribution >= 0.6 is 0 Å². The number of carboxylic acid groups (broad SMARTS) is 2. The molecule has 0 bridgehead atoms. The van der Waals surface area contributed by atoms with Gasteiger partial charge in [-0.3, -0.25) is 9.11 Å². The van der Waals surface area contributed by atoms with E-state index in [0.29, 0.717) is 24.3 Å². The first-order valence-electron chi connectivity index (χ1n) is 6.96. The van der Waals surface area contributed by atoms with Crippen LogP contribution in [-0.4, -0.2) is 58.3 Å². The van der Waals surface area contributed by atoms with E-state index in [4.69, 9.17) is 29.5 Å². The first kappa shape index (κ1) is 33.8. The quantitative estimate of drug-likeness (QED) is 0.154. The fourth-order valence-electron chi connectivity index (χ4n) is 1.79. The first-order valence-corrected chi connectivity index (χ1v) is 9.84. The molecule has 0 radical (unpaired) electrons. The minimum absolute atomic E-state index is 0. The van der Waals surface area contributed by atoms with E-state index in [9.17, 15) is 36.6 Å². The molecule has 0 saturated heterocycles. The zero-order valence-corrected chi connectivity index (χ0v) is 24.0. The summed E-state index contributed by atoms with van der Waals surface area (Å²) in [6, 6.07) is 1.90. The molecule has 0 saturated carbocycles. The summed E-state index contributed by atoms with van der Waals surface area (Å²) in [5.41, 5.74) is -1.86. The van der Waals surface area contributed by atoms with Gasteiger partial charge in [-0.05, 0) is 12.1 Å². The summed E-state index contributed by atoms with van der Waals surface area (Å²) in [5.74, 6) is -7.92. The van der Waals surface area contributed by atoms with Gasteiger partial charge in [0.1, 0.15) is 11.5 Å². The van der Waals surface area contributed by atoms with E-state index >= 15 is 0 Å². The Hall–Kier alpha value is -0.327. The summed E-state index contributed by atoms with van der Waals surface area (Å²) < 4.78 is 59.6. The van der Waals surface area contributed by atoms with E-state index in [1.54, 1.807) is 0 Å². The molecule has 18 heteroatoms. The van der Waals surface area contributed by atoms with Crippen LogP contribution in [0.5, 0.6) is 23.0 Å². The second-order valence-corrected chi connectivity index (χ2v) is 8.04. The standard InChI is InChI=1S/2C7H6O7S.2K/c2*8-5-2-3(15(12,13)14)1-4(6(5)9)7(10)11;;/h2*1-2,8-9H,(H,10,11)(H,12,13,14);;/q;;2*+1/p-2. The number of carboxylic acids is 2. The van der Waals surface area contributed by atoms with Gasteiger partial charge in [0.2, 0.25) is 0 Å². The zero-order valence-electron chi connectivity index (χ0n) is 16.1. The van der Waals surface area contributed by atoms with E-state index in [2.05, 4.69) is 0 Å². The minimum atomic E-state index is -4.66. The Morgan fingerprint density at radius 2 is 0.906 bits per heavy atom. The second kappa shape index (κ2) is 12.9. The molecule has 0 amide bonds. The molecule has 14 nitrogen and oxygen atoms in total. The Morgan fingerprint density at radius 3 is 1.09 bits per heavy atom. The van der Waals surface area contributed by atoms with E-state index < -0.39 is 76.1 Å². The topological polar surface area (TPSA) is 270 Å². The van der Waals surface area contributed by atoms with E-state index in [1.807, 2.05) is 0 Å². The van der Waals surface area contributed by atoms with Gasteiger partial charge in [-0.1, -0.05) is 11.5 Å². The van der Waals surface area contributed by atoms with Crippen molar-refractivity contribution >= 4 is 32.2 Å². The molecule has 0 spiro atoms. The molecule has 0 fully saturated rings. The molecule has 0 atom stereocenters. The van der Waals surface area contributed by atoms with Crippen molar-refractivity contribution in [3.8, 4) is 23.0 Å². The van der Waals surface area contributed by atoms with E-state index in [-0.39, 0.29) is 103 Å². The van der Waals surface area contributed by atoms with Gasteiger partial charge >= 0.3 is 115 Å². The van der Waals surface area contributed by atoms with Crippen molar-refractivity contribution in [1.82, 2.24) is 0 Å². The average molecular weight is 545 g/mol. The number of aromatic hydroxyl groups is 2. The number of phenols is 2. The molecule has 0 unspecified atom stereocenters. The molecule has 32 heavy (non-hydrogen) atoms. The molecular formula is C14H10K2O14S2. The van der Waals surface area contributed by atoms with E-state index in [1.165, 1.54) is 0 Å². The molecule has 2 rings (SSSR count). The smallest absolute Gasteiger partial charge is 0.869 e. The van der Waals surface area contributed by atoms with Crippen molar-refractivity contribution in [2.24, 2.45) is 0 Å². The molecule has 0 aliphatic carbocycles. The maximum absolute atomic E-state index is 11.0. The van der Waals surface area contributed by atoms with Crippen molar-refractivity contribution < 1.29 is 169 Å². The molecule has 6 N–H and O–H groups in total. The maximum Gasteiger partial charge on any atom is 1.00 e. The number of carbonyl (C=O) groups is 2. The molecule has 0 aliphatic heterocycles. The SMILES string of the molecule is O=C(O)c1cc(S(=O)(=O)O)cc(O)c1[O-].O=C(O)c1cc(S(=O)(=O)O)cc(O)c1[O-].[K+].[K+]. The molecule has 2 aromatic carbocycles. The predicted octanol–water partition coefficient (Wildman–Crippen LogP) is -7.17. The second-order valence-electron chi connectivity index (χ2n) is 5.20. The number of phenolic OH excluding ortho intramolecular Hbond substituents is 2. The number of benzene rings is 2. The third kappa shape index (κ3) is 9.14. The zero-order chi connectivity index (χ0) is 23.6. The van der Waals surface area contributed by atoms with Gasteiger partial charge in [0, 0.05) is 12.1 Å². The van der Waals surface area contributed by atoms with Crippen molar-refractivity contribution in [2.75, 3.05) is 0 Å². The van der Waals surface area contributed by atoms with Crippen LogP contribution in [0.4, 0.5) is 0 Å². The average Bonchev–Trinajstić information content (AvgIpc) is 2.57. The summed E-state index contributed by atoms with van der Waals surface area (Å²) in [5, 5.41) is 56.8. The Bertz CT molecular complexity index is 1140. The molecular weight excluding hydrogens is 534 g/mol. The van der Waals surface area contributed by atoms with Crippen molar-refractivity contribution in [3.05, 3.63) is 35.4 Å². The van der Waals surface area contributed by atoms with Gasteiger partial charge in [-0.15, -0.1) is 0 Å². The summed E-state index contributed by atoms with van der Waals surface area (Å²) in [4.78, 5) is 19.2. The van der Waals surface area contributed by atoms with Gasteiger partial charge < -0.3 is 30.6 Å². The van der Waals surface area contributed by atoms with Crippen LogP contribution in [0.1, 0.15) is 20.7 Å². The van der Waals surface area contributed by atoms with Gasteiger partial charge in [-0.25, -0.2) is 9.59 Å². The molecule has 164 valence electrons. The van der Waals surface area contributed by atoms with Crippen LogP contribution in [0.2, 0.25) is 0 Å². The number of hydrogen-bond donors (Lipinski definition) is 6. The van der Waals surface area contributed by atoms with Gasteiger partial charge in [0.15, 0.2) is 0 Å². The summed E-state index contributed by atoms with van der Waals surface area (Å²) >= 11 is 0. The summed E-state index contributed by atoms with van der Waals surface area (Å²) in [6.07, 6.45) is 0. The van der Waals surface area contributed by atoms with Crippen LogP contribution < -0.4 is 113 Å². The molecule has 0 heterocycles. The summed E-state index contributed by atoms with van der Waals surface area (Å²) in [6.45, 7) is 0. The van der Waals surface area contributed by atoms with Crippen molar-refractivity contribution in [2.45, 2.75) is 9.79 Å². The van der Waals surface area contributed by atoms with Crippen LogP contribution in [0, 0.1) is 0 Å². The monoisotopic (exact) mass is 544 g/mol. The van der Waals surface area contributed by atoms with Crippen LogP contribution in [0.15, 0.2) is 34.1 Å². The molecule has 0 aromatic heterocycles. The normalized spacial score (nSPS) is 10.6. The van der Waals surface area contributed by atoms with Crippen molar-refractivity contribution in [3.63, 3.8) is 0 Å². The number of rotatable bonds is 4. The molecule has 0 aliphatic rings. The van der Waals surface area contributed by atoms with Crippen LogP contribution in [0.25, 0.3) is 0 Å². The third-order valence-electron chi connectivity index (χ3n) is 3.14. The summed E-state index contributed by atoms with van der Waals surface area (Å²) in [7, 11) is -9.32. The minimum Gasteiger partial charge on any atom is -0.869 e. The number of aromatic carboxylic acids is 2. The largest absolute Gasteiger partial charge is 1.00 e. The van der Waals surface area contributed by atoms with Gasteiger partial charge in [0.25, 0.3) is 20.2 Å². The predicted molar refractivity (Wildman–Crippen MR) is 88.7 cm³/mol. The Morgan fingerprint density at radius 1 is 0.656 bits per heavy atom. The van der Waals surface area contributed by atoms with Gasteiger partial charge in [0.05, 0.1) is 20.9 Å². The van der Waals surface area contributed by atoms with Crippen LogP contribution in [0.3, 0.4) is 0 Å². The number of hydrogen-bond acceptors (Lipinski definition) is 10. The first-order chi connectivity index (χ1) is 13.5. The van der Waals surface area contributed by atoms with Crippen LogP contribution in [-0.2, 0) is 20.2 Å². The maximum atomic E-state index is 11.0. The third-order valence-corrected chi connectivity index (χ3v) is 4.81. The fourth-order valence-corrected chi connectivity index (χ4v) is 2.85. The fraction of sp³-hybridized carbons (Fsp3) is 0. The van der Waals surface area contributed by atoms with E-state index in [0.717, 1.165) is 0 Å². The Kier molecular flexibility index (Phi) is 13.7.